The lowest BCUT2D eigenvalue weighted by atomic mass is 9.90. The standard InChI is InChI=1S/C24H23NO2S/c1-19-12-14-22(15-13-19)28(26,27)25-17-16-23(20-8-4-2-5-9-20)24(18-25)21-10-6-3-7-11-21/h2-15H,16-18H2,1H3. The molecule has 0 aromatic heterocycles. The molecular weight excluding hydrogens is 366 g/mol. The van der Waals surface area contributed by atoms with Crippen molar-refractivity contribution in [2.24, 2.45) is 0 Å². The number of nitrogens with zero attached hydrogens (tertiary/aromatic N) is 1. The van der Waals surface area contributed by atoms with Gasteiger partial charge in [0.15, 0.2) is 0 Å². The van der Waals surface area contributed by atoms with Gasteiger partial charge in [0.2, 0.25) is 10.0 Å². The highest BCUT2D eigenvalue weighted by atomic mass is 32.2. The highest BCUT2D eigenvalue weighted by molar-refractivity contribution is 7.89. The molecule has 28 heavy (non-hydrogen) atoms. The quantitative estimate of drug-likeness (QED) is 0.630. The van der Waals surface area contributed by atoms with E-state index in [2.05, 4.69) is 24.3 Å². The van der Waals surface area contributed by atoms with Crippen molar-refractivity contribution in [3.63, 3.8) is 0 Å². The Morgan fingerprint density at radius 2 is 1.25 bits per heavy atom. The minimum absolute atomic E-state index is 0.355. The molecule has 0 saturated carbocycles. The van der Waals surface area contributed by atoms with Crippen molar-refractivity contribution in [3.05, 3.63) is 102 Å². The summed E-state index contributed by atoms with van der Waals surface area (Å²) in [7, 11) is -3.53. The van der Waals surface area contributed by atoms with Gasteiger partial charge in [-0.2, -0.15) is 4.31 Å². The van der Waals surface area contributed by atoms with Crippen molar-refractivity contribution < 1.29 is 8.42 Å². The summed E-state index contributed by atoms with van der Waals surface area (Å²) in [5, 5.41) is 0. The third kappa shape index (κ3) is 3.66. The Kier molecular flexibility index (Phi) is 5.16. The second-order valence-corrected chi connectivity index (χ2v) is 9.03. The number of aryl methyl sites for hydroxylation is 1. The summed E-state index contributed by atoms with van der Waals surface area (Å²) >= 11 is 0. The van der Waals surface area contributed by atoms with E-state index in [1.165, 1.54) is 5.57 Å². The van der Waals surface area contributed by atoms with Crippen LogP contribution < -0.4 is 0 Å². The average molecular weight is 390 g/mol. The van der Waals surface area contributed by atoms with E-state index in [0.29, 0.717) is 24.4 Å². The Hall–Kier alpha value is -2.69. The molecule has 1 heterocycles. The molecule has 0 aliphatic carbocycles. The fourth-order valence-corrected chi connectivity index (χ4v) is 5.07. The van der Waals surface area contributed by atoms with Gasteiger partial charge in [0, 0.05) is 13.1 Å². The molecule has 142 valence electrons. The summed E-state index contributed by atoms with van der Waals surface area (Å²) in [5.41, 5.74) is 5.59. The van der Waals surface area contributed by atoms with Crippen LogP contribution in [0.4, 0.5) is 0 Å². The molecule has 4 heteroatoms. The van der Waals surface area contributed by atoms with Crippen LogP contribution in [0.5, 0.6) is 0 Å². The summed E-state index contributed by atoms with van der Waals surface area (Å²) in [5.74, 6) is 0. The first-order valence-corrected chi connectivity index (χ1v) is 10.9. The van der Waals surface area contributed by atoms with Crippen molar-refractivity contribution in [1.82, 2.24) is 4.31 Å². The largest absolute Gasteiger partial charge is 0.243 e. The van der Waals surface area contributed by atoms with Gasteiger partial charge in [-0.1, -0.05) is 78.4 Å². The van der Waals surface area contributed by atoms with Crippen molar-refractivity contribution in [1.29, 1.82) is 0 Å². The van der Waals surface area contributed by atoms with Crippen LogP contribution in [-0.4, -0.2) is 25.8 Å². The van der Waals surface area contributed by atoms with Crippen molar-refractivity contribution in [2.75, 3.05) is 13.1 Å². The molecule has 0 radical (unpaired) electrons. The van der Waals surface area contributed by atoms with E-state index in [9.17, 15) is 8.42 Å². The minimum atomic E-state index is -3.53. The first-order valence-electron chi connectivity index (χ1n) is 9.45. The van der Waals surface area contributed by atoms with Crippen molar-refractivity contribution >= 4 is 21.2 Å². The topological polar surface area (TPSA) is 37.4 Å². The van der Waals surface area contributed by atoms with Crippen molar-refractivity contribution in [2.45, 2.75) is 18.2 Å². The summed E-state index contributed by atoms with van der Waals surface area (Å²) in [6, 6.07) is 27.4. The number of benzene rings is 3. The third-order valence-electron chi connectivity index (χ3n) is 5.21. The van der Waals surface area contributed by atoms with Gasteiger partial charge in [0.25, 0.3) is 0 Å². The highest BCUT2D eigenvalue weighted by Crippen LogP contribution is 2.35. The highest BCUT2D eigenvalue weighted by Gasteiger charge is 2.30. The molecule has 3 aromatic carbocycles. The predicted octanol–water partition coefficient (Wildman–Crippen LogP) is 5.00. The minimum Gasteiger partial charge on any atom is -0.207 e. The first-order chi connectivity index (χ1) is 13.6. The SMILES string of the molecule is Cc1ccc(S(=O)(=O)N2CCC(c3ccccc3)=C(c3ccccc3)C2)cc1. The van der Waals surface area contributed by atoms with Gasteiger partial charge in [-0.25, -0.2) is 8.42 Å². The zero-order valence-electron chi connectivity index (χ0n) is 15.9. The summed E-state index contributed by atoms with van der Waals surface area (Å²) in [6.45, 7) is 2.82. The molecule has 0 bridgehead atoms. The molecule has 0 saturated heterocycles. The molecule has 0 amide bonds. The molecular formula is C24H23NO2S. The van der Waals surface area contributed by atoms with E-state index in [4.69, 9.17) is 0 Å². The van der Waals surface area contributed by atoms with Crippen LogP contribution in [0, 0.1) is 6.92 Å². The number of hydrogen-bond donors (Lipinski definition) is 0. The monoisotopic (exact) mass is 389 g/mol. The Balaban J connectivity index is 1.76. The predicted molar refractivity (Wildman–Crippen MR) is 114 cm³/mol. The molecule has 3 aromatic rings. The molecule has 0 unspecified atom stereocenters. The van der Waals surface area contributed by atoms with Crippen LogP contribution in [-0.2, 0) is 10.0 Å². The van der Waals surface area contributed by atoms with Crippen LogP contribution in [0.25, 0.3) is 11.1 Å². The van der Waals surface area contributed by atoms with Crippen LogP contribution in [0.2, 0.25) is 0 Å². The molecule has 0 spiro atoms. The lowest BCUT2D eigenvalue weighted by Gasteiger charge is -2.31. The second-order valence-electron chi connectivity index (χ2n) is 7.09. The van der Waals surface area contributed by atoms with Crippen LogP contribution in [0.1, 0.15) is 23.1 Å². The zero-order chi connectivity index (χ0) is 19.6. The maximum atomic E-state index is 13.2. The normalized spacial score (nSPS) is 15.6. The summed E-state index contributed by atoms with van der Waals surface area (Å²) in [4.78, 5) is 0.355. The van der Waals surface area contributed by atoms with Gasteiger partial charge in [-0.3, -0.25) is 0 Å². The van der Waals surface area contributed by atoms with Gasteiger partial charge >= 0.3 is 0 Å². The van der Waals surface area contributed by atoms with Gasteiger partial charge in [-0.15, -0.1) is 0 Å². The molecule has 0 fully saturated rings. The molecule has 3 nitrogen and oxygen atoms in total. The second kappa shape index (κ2) is 7.74. The third-order valence-corrected chi connectivity index (χ3v) is 7.07. The van der Waals surface area contributed by atoms with Crippen LogP contribution >= 0.6 is 0 Å². The van der Waals surface area contributed by atoms with Gasteiger partial charge in [0.1, 0.15) is 0 Å². The maximum Gasteiger partial charge on any atom is 0.243 e. The average Bonchev–Trinajstić information content (AvgIpc) is 2.75. The van der Waals surface area contributed by atoms with E-state index in [1.54, 1.807) is 16.4 Å². The smallest absolute Gasteiger partial charge is 0.207 e. The van der Waals surface area contributed by atoms with Gasteiger partial charge in [-0.05, 0) is 47.8 Å². The maximum absolute atomic E-state index is 13.2. The van der Waals surface area contributed by atoms with E-state index < -0.39 is 10.0 Å². The molecule has 0 N–H and O–H groups in total. The number of rotatable bonds is 4. The van der Waals surface area contributed by atoms with E-state index in [0.717, 1.165) is 22.3 Å². The lowest BCUT2D eigenvalue weighted by molar-refractivity contribution is 0.446. The fourth-order valence-electron chi connectivity index (χ4n) is 3.67. The Morgan fingerprint density at radius 1 is 0.714 bits per heavy atom. The Morgan fingerprint density at radius 3 is 1.82 bits per heavy atom. The lowest BCUT2D eigenvalue weighted by Crippen LogP contribution is -2.36. The Labute approximate surface area is 167 Å². The summed E-state index contributed by atoms with van der Waals surface area (Å²) in [6.07, 6.45) is 0.694. The molecule has 4 rings (SSSR count). The van der Waals surface area contributed by atoms with Gasteiger partial charge in [0.05, 0.1) is 4.90 Å². The molecule has 1 aliphatic heterocycles. The van der Waals surface area contributed by atoms with E-state index in [1.807, 2.05) is 55.5 Å². The molecule has 0 atom stereocenters. The molecule has 1 aliphatic rings. The first kappa shape index (κ1) is 18.7. The van der Waals surface area contributed by atoms with Crippen molar-refractivity contribution in [3.8, 4) is 0 Å². The summed E-state index contributed by atoms with van der Waals surface area (Å²) < 4.78 is 28.0. The fraction of sp³-hybridized carbons (Fsp3) is 0.167. The van der Waals surface area contributed by atoms with E-state index in [-0.39, 0.29) is 0 Å². The zero-order valence-corrected chi connectivity index (χ0v) is 16.7. The van der Waals surface area contributed by atoms with Crippen LogP contribution in [0.3, 0.4) is 0 Å². The van der Waals surface area contributed by atoms with Crippen LogP contribution in [0.15, 0.2) is 89.8 Å². The number of hydrogen-bond acceptors (Lipinski definition) is 2. The van der Waals surface area contributed by atoms with Gasteiger partial charge < -0.3 is 0 Å². The van der Waals surface area contributed by atoms with E-state index >= 15 is 0 Å². The number of sulfonamides is 1. The Bertz CT molecular complexity index is 1090.